The standard InChI is InChI=1S/C27H22BrN3O7S/c1-36-22-10-8-20(9-11-22)30-26(33)23(29(27(30)39)15-25(32)37-2)14-18-13-19(28)5-12-24(18)38-16-17-3-6-21(7-4-17)31(34)35/h3-14H,15-16H2,1-2H3/b23-14-. The van der Waals surface area contributed by atoms with Gasteiger partial charge in [-0.1, -0.05) is 15.9 Å². The molecule has 0 radical (unpaired) electrons. The Hall–Kier alpha value is -4.29. The van der Waals surface area contributed by atoms with Crippen LogP contribution in [0.2, 0.25) is 0 Å². The van der Waals surface area contributed by atoms with Crippen LogP contribution in [0.15, 0.2) is 76.9 Å². The van der Waals surface area contributed by atoms with Crippen molar-refractivity contribution in [1.29, 1.82) is 0 Å². The van der Waals surface area contributed by atoms with Gasteiger partial charge in [-0.25, -0.2) is 0 Å². The van der Waals surface area contributed by atoms with Gasteiger partial charge in [0.25, 0.3) is 11.6 Å². The summed E-state index contributed by atoms with van der Waals surface area (Å²) in [5.41, 5.74) is 1.91. The summed E-state index contributed by atoms with van der Waals surface area (Å²) in [7, 11) is 2.80. The van der Waals surface area contributed by atoms with E-state index in [0.717, 1.165) is 10.0 Å². The van der Waals surface area contributed by atoms with E-state index < -0.39 is 16.8 Å². The Bertz CT molecular complexity index is 1460. The second-order valence-electron chi connectivity index (χ2n) is 8.21. The Kier molecular flexibility index (Phi) is 8.57. The molecule has 1 saturated heterocycles. The lowest BCUT2D eigenvalue weighted by molar-refractivity contribution is -0.384. The van der Waals surface area contributed by atoms with Crippen LogP contribution in [0, 0.1) is 10.1 Å². The second kappa shape index (κ2) is 12.0. The molecule has 4 rings (SSSR count). The van der Waals surface area contributed by atoms with E-state index in [9.17, 15) is 19.7 Å². The van der Waals surface area contributed by atoms with Gasteiger partial charge in [0.1, 0.15) is 30.3 Å². The first kappa shape index (κ1) is 27.7. The summed E-state index contributed by atoms with van der Waals surface area (Å²) < 4.78 is 16.8. The number of benzene rings is 3. The van der Waals surface area contributed by atoms with Crippen LogP contribution in [0.1, 0.15) is 11.1 Å². The number of nitro benzene ring substituents is 1. The zero-order valence-corrected chi connectivity index (χ0v) is 23.2. The number of esters is 1. The lowest BCUT2D eigenvalue weighted by atomic mass is 10.1. The molecule has 10 nitrogen and oxygen atoms in total. The van der Waals surface area contributed by atoms with Gasteiger partial charge in [0, 0.05) is 22.2 Å². The van der Waals surface area contributed by atoms with Crippen molar-refractivity contribution in [3.8, 4) is 11.5 Å². The van der Waals surface area contributed by atoms with E-state index in [2.05, 4.69) is 15.9 Å². The predicted octanol–water partition coefficient (Wildman–Crippen LogP) is 5.09. The van der Waals surface area contributed by atoms with Gasteiger partial charge in [0.05, 0.1) is 24.8 Å². The zero-order chi connectivity index (χ0) is 28.1. The van der Waals surface area contributed by atoms with E-state index in [4.69, 9.17) is 26.4 Å². The lowest BCUT2D eigenvalue weighted by Crippen LogP contribution is -2.35. The minimum atomic E-state index is -0.573. The molecule has 1 aliphatic heterocycles. The maximum atomic E-state index is 13.7. The fourth-order valence-corrected chi connectivity index (χ4v) is 4.50. The summed E-state index contributed by atoms with van der Waals surface area (Å²) >= 11 is 9.06. The molecule has 0 atom stereocenters. The molecule has 12 heteroatoms. The van der Waals surface area contributed by atoms with Crippen molar-refractivity contribution in [2.45, 2.75) is 6.61 Å². The van der Waals surface area contributed by atoms with E-state index in [-0.39, 0.29) is 29.6 Å². The zero-order valence-electron chi connectivity index (χ0n) is 20.8. The monoisotopic (exact) mass is 611 g/mol. The SMILES string of the molecule is COC(=O)CN1C(=S)N(c2ccc(OC)cc2)C(=O)/C1=C/c1cc(Br)ccc1OCc1ccc([N+](=O)[O-])cc1. The molecule has 0 aromatic heterocycles. The molecule has 39 heavy (non-hydrogen) atoms. The molecule has 0 unspecified atom stereocenters. The normalized spacial score (nSPS) is 14.1. The molecule has 0 saturated carbocycles. The number of nitro groups is 1. The highest BCUT2D eigenvalue weighted by Crippen LogP contribution is 2.33. The first-order valence-electron chi connectivity index (χ1n) is 11.5. The molecule has 0 spiro atoms. The molecule has 1 amide bonds. The van der Waals surface area contributed by atoms with Crippen LogP contribution in [-0.4, -0.2) is 47.6 Å². The third-order valence-corrected chi connectivity index (χ3v) is 6.68. The van der Waals surface area contributed by atoms with Gasteiger partial charge < -0.3 is 19.1 Å². The van der Waals surface area contributed by atoms with E-state index >= 15 is 0 Å². The number of halogens is 1. The third-order valence-electron chi connectivity index (χ3n) is 5.79. The quantitative estimate of drug-likeness (QED) is 0.107. The van der Waals surface area contributed by atoms with E-state index in [1.54, 1.807) is 67.8 Å². The fraction of sp³-hybridized carbons (Fsp3) is 0.148. The summed E-state index contributed by atoms with van der Waals surface area (Å²) in [6, 6.07) is 18.1. The van der Waals surface area contributed by atoms with E-state index in [0.29, 0.717) is 22.7 Å². The van der Waals surface area contributed by atoms with Crippen LogP contribution in [0.4, 0.5) is 11.4 Å². The molecular weight excluding hydrogens is 590 g/mol. The second-order valence-corrected chi connectivity index (χ2v) is 9.49. The van der Waals surface area contributed by atoms with Crippen molar-refractivity contribution in [3.05, 3.63) is 98.1 Å². The summed E-state index contributed by atoms with van der Waals surface area (Å²) in [5, 5.41) is 11.0. The van der Waals surface area contributed by atoms with Crippen LogP contribution in [0.25, 0.3) is 6.08 Å². The maximum absolute atomic E-state index is 13.7. The van der Waals surface area contributed by atoms with E-state index in [1.807, 2.05) is 0 Å². The van der Waals surface area contributed by atoms with Crippen molar-refractivity contribution in [2.75, 3.05) is 25.7 Å². The van der Waals surface area contributed by atoms with Gasteiger partial charge in [-0.2, -0.15) is 0 Å². The van der Waals surface area contributed by atoms with Crippen LogP contribution in [0.5, 0.6) is 11.5 Å². The Morgan fingerprint density at radius 1 is 1.08 bits per heavy atom. The first-order valence-corrected chi connectivity index (χ1v) is 12.7. The number of carbonyl (C=O) groups excluding carboxylic acids is 2. The molecule has 3 aromatic carbocycles. The van der Waals surface area contributed by atoms with Crippen molar-refractivity contribution in [1.82, 2.24) is 4.90 Å². The average Bonchev–Trinajstić information content (AvgIpc) is 3.16. The maximum Gasteiger partial charge on any atom is 0.325 e. The van der Waals surface area contributed by atoms with Crippen LogP contribution in [0.3, 0.4) is 0 Å². The number of ether oxygens (including phenoxy) is 3. The van der Waals surface area contributed by atoms with Gasteiger partial charge in [-0.3, -0.25) is 24.6 Å². The van der Waals surface area contributed by atoms with Gasteiger partial charge in [-0.05, 0) is 78.5 Å². The number of hydrogen-bond acceptors (Lipinski definition) is 8. The van der Waals surface area contributed by atoms with Gasteiger partial charge in [0.15, 0.2) is 5.11 Å². The third kappa shape index (κ3) is 6.24. The number of anilines is 1. The highest BCUT2D eigenvalue weighted by Gasteiger charge is 2.40. The van der Waals surface area contributed by atoms with Gasteiger partial charge in [0.2, 0.25) is 0 Å². The predicted molar refractivity (Wildman–Crippen MR) is 151 cm³/mol. The van der Waals surface area contributed by atoms with Crippen molar-refractivity contribution in [2.24, 2.45) is 0 Å². The molecular formula is C27H22BrN3O7S. The number of methoxy groups -OCH3 is 2. The van der Waals surface area contributed by atoms with Gasteiger partial charge in [-0.15, -0.1) is 0 Å². The Balaban J connectivity index is 1.68. The fourth-order valence-electron chi connectivity index (χ4n) is 3.77. The molecule has 1 heterocycles. The number of thiocarbonyl (C=S) groups is 1. The molecule has 0 bridgehead atoms. The lowest BCUT2D eigenvalue weighted by Gasteiger charge is -2.19. The molecule has 200 valence electrons. The topological polar surface area (TPSA) is 111 Å². The van der Waals surface area contributed by atoms with Crippen molar-refractivity contribution in [3.63, 3.8) is 0 Å². The number of hydrogen-bond donors (Lipinski definition) is 0. The van der Waals surface area contributed by atoms with E-state index in [1.165, 1.54) is 29.0 Å². The summed E-state index contributed by atoms with van der Waals surface area (Å²) in [6.07, 6.45) is 1.59. The number of non-ortho nitro benzene ring substituents is 1. The molecule has 3 aromatic rings. The van der Waals surface area contributed by atoms with Crippen molar-refractivity contribution < 1.29 is 28.7 Å². The van der Waals surface area contributed by atoms with Crippen LogP contribution >= 0.6 is 28.1 Å². The Morgan fingerprint density at radius 2 is 1.77 bits per heavy atom. The first-order chi connectivity index (χ1) is 18.7. The number of nitrogens with zero attached hydrogens (tertiary/aromatic N) is 3. The smallest absolute Gasteiger partial charge is 0.325 e. The number of rotatable bonds is 9. The van der Waals surface area contributed by atoms with Crippen LogP contribution < -0.4 is 14.4 Å². The molecule has 0 aliphatic carbocycles. The summed E-state index contributed by atoms with van der Waals surface area (Å²) in [4.78, 5) is 39.1. The molecule has 1 fully saturated rings. The van der Waals surface area contributed by atoms with Gasteiger partial charge >= 0.3 is 5.97 Å². The van der Waals surface area contributed by atoms with Crippen LogP contribution in [-0.2, 0) is 20.9 Å². The molecule has 0 N–H and O–H groups in total. The average molecular weight is 612 g/mol. The molecule has 1 aliphatic rings. The summed E-state index contributed by atoms with van der Waals surface area (Å²) in [5.74, 6) is 0.0537. The Morgan fingerprint density at radius 3 is 2.38 bits per heavy atom. The Labute approximate surface area is 237 Å². The highest BCUT2D eigenvalue weighted by molar-refractivity contribution is 9.10. The minimum Gasteiger partial charge on any atom is -0.497 e. The number of amides is 1. The number of carbonyl (C=O) groups is 2. The van der Waals surface area contributed by atoms with Crippen molar-refractivity contribution >= 4 is 62.6 Å². The summed E-state index contributed by atoms with van der Waals surface area (Å²) in [6.45, 7) is -0.140. The minimum absolute atomic E-state index is 0.0179. The highest BCUT2D eigenvalue weighted by atomic mass is 79.9. The largest absolute Gasteiger partial charge is 0.497 e.